The molecule has 0 bridgehead atoms. The maximum atomic E-state index is 12.9. The van der Waals surface area contributed by atoms with E-state index in [0.29, 0.717) is 23.6 Å². The lowest BCUT2D eigenvalue weighted by Crippen LogP contribution is -2.36. The molecule has 0 spiro atoms. The molecule has 1 N–H and O–H groups in total. The number of nitrogens with one attached hydrogen (secondary N) is 1. The van der Waals surface area contributed by atoms with Gasteiger partial charge in [0.15, 0.2) is 11.5 Å². The van der Waals surface area contributed by atoms with Crippen LogP contribution in [0.1, 0.15) is 19.4 Å². The number of thioether (sulfide) groups is 1. The summed E-state index contributed by atoms with van der Waals surface area (Å²) < 4.78 is 10.7. The van der Waals surface area contributed by atoms with E-state index in [2.05, 4.69) is 5.32 Å². The van der Waals surface area contributed by atoms with E-state index in [1.807, 2.05) is 36.4 Å². The Bertz CT molecular complexity index is 1360. The number of rotatable bonds is 7. The van der Waals surface area contributed by atoms with Crippen molar-refractivity contribution in [1.29, 1.82) is 0 Å². The van der Waals surface area contributed by atoms with E-state index in [-0.39, 0.29) is 10.7 Å². The summed E-state index contributed by atoms with van der Waals surface area (Å²) >= 11 is 0.754. The van der Waals surface area contributed by atoms with E-state index in [1.165, 1.54) is 13.0 Å². The largest absolute Gasteiger partial charge is 0.490 e. The van der Waals surface area contributed by atoms with Gasteiger partial charge >= 0.3 is 5.97 Å². The van der Waals surface area contributed by atoms with E-state index in [4.69, 9.17) is 9.47 Å². The Labute approximate surface area is 205 Å². The molecule has 35 heavy (non-hydrogen) atoms. The van der Waals surface area contributed by atoms with Gasteiger partial charge in [-0.25, -0.2) is 0 Å². The van der Waals surface area contributed by atoms with Gasteiger partial charge in [0.05, 0.1) is 11.5 Å². The van der Waals surface area contributed by atoms with Gasteiger partial charge in [0.25, 0.3) is 11.1 Å². The van der Waals surface area contributed by atoms with Crippen LogP contribution in [0.25, 0.3) is 16.8 Å². The first-order chi connectivity index (χ1) is 16.9. The standard InChI is InChI=1S/C26H22N2O6S/c1-3-33-22-13-17(11-12-21(22)34-16(2)29)14-23-25(31)28(26(32)35-23)15-24(30)27-20-10-6-8-18-7-4-5-9-19(18)20/h4-14H,3,15H2,1-2H3,(H,27,30)/b23-14+. The molecule has 8 nitrogen and oxygen atoms in total. The molecule has 3 amide bonds. The summed E-state index contributed by atoms with van der Waals surface area (Å²) in [5.74, 6) is -0.925. The van der Waals surface area contributed by atoms with Crippen LogP contribution in [0.2, 0.25) is 0 Å². The molecule has 178 valence electrons. The summed E-state index contributed by atoms with van der Waals surface area (Å²) in [5, 5.41) is 4.08. The number of nitrogens with zero attached hydrogens (tertiary/aromatic N) is 1. The lowest BCUT2D eigenvalue weighted by Gasteiger charge is -2.13. The second kappa shape index (κ2) is 10.4. The highest BCUT2D eigenvalue weighted by Gasteiger charge is 2.36. The second-order valence-corrected chi connectivity index (χ2v) is 8.57. The molecule has 1 fully saturated rings. The minimum atomic E-state index is -0.560. The Morgan fingerprint density at radius 2 is 1.80 bits per heavy atom. The number of ether oxygens (including phenoxy) is 2. The zero-order valence-electron chi connectivity index (χ0n) is 19.1. The molecule has 0 aliphatic carbocycles. The van der Waals surface area contributed by atoms with Gasteiger partial charge in [0, 0.05) is 18.0 Å². The molecule has 1 aliphatic rings. The first-order valence-corrected chi connectivity index (χ1v) is 11.7. The number of benzene rings is 3. The molecule has 9 heteroatoms. The minimum absolute atomic E-state index is 0.177. The average molecular weight is 491 g/mol. The highest BCUT2D eigenvalue weighted by molar-refractivity contribution is 8.18. The molecule has 3 aromatic carbocycles. The van der Waals surface area contributed by atoms with Crippen molar-refractivity contribution in [1.82, 2.24) is 4.90 Å². The molecule has 0 radical (unpaired) electrons. The fourth-order valence-electron chi connectivity index (χ4n) is 3.58. The van der Waals surface area contributed by atoms with Crippen LogP contribution in [-0.4, -0.2) is 41.1 Å². The van der Waals surface area contributed by atoms with Crippen molar-refractivity contribution in [3.8, 4) is 11.5 Å². The topological polar surface area (TPSA) is 102 Å². The van der Waals surface area contributed by atoms with Gasteiger partial charge in [-0.1, -0.05) is 42.5 Å². The first kappa shape index (κ1) is 24.0. The summed E-state index contributed by atoms with van der Waals surface area (Å²) in [4.78, 5) is 50.4. The molecule has 3 aromatic rings. The Morgan fingerprint density at radius 1 is 1.03 bits per heavy atom. The maximum absolute atomic E-state index is 12.9. The molecule has 1 heterocycles. The molecular formula is C26H22N2O6S. The van der Waals surface area contributed by atoms with E-state index in [9.17, 15) is 19.2 Å². The summed E-state index contributed by atoms with van der Waals surface area (Å²) in [7, 11) is 0. The summed E-state index contributed by atoms with van der Waals surface area (Å²) in [6, 6.07) is 17.9. The molecule has 0 unspecified atom stereocenters. The van der Waals surface area contributed by atoms with Gasteiger partial charge < -0.3 is 14.8 Å². The third-order valence-corrected chi connectivity index (χ3v) is 5.97. The number of hydrogen-bond donors (Lipinski definition) is 1. The Hall–Kier alpha value is -4.11. The van der Waals surface area contributed by atoms with Crippen LogP contribution in [0.15, 0.2) is 65.6 Å². The minimum Gasteiger partial charge on any atom is -0.490 e. The van der Waals surface area contributed by atoms with Gasteiger partial charge in [-0.15, -0.1) is 0 Å². The van der Waals surface area contributed by atoms with Crippen molar-refractivity contribution in [2.24, 2.45) is 0 Å². The fraction of sp³-hybridized carbons (Fsp3) is 0.154. The van der Waals surface area contributed by atoms with Crippen molar-refractivity contribution in [3.63, 3.8) is 0 Å². The molecule has 0 aromatic heterocycles. The SMILES string of the molecule is CCOc1cc(/C=C2/SC(=O)N(CC(=O)Nc3cccc4ccccc34)C2=O)ccc1OC(C)=O. The summed E-state index contributed by atoms with van der Waals surface area (Å²) in [5.41, 5.74) is 1.18. The third kappa shape index (κ3) is 5.52. The lowest BCUT2D eigenvalue weighted by molar-refractivity contribution is -0.132. The van der Waals surface area contributed by atoms with Crippen LogP contribution < -0.4 is 14.8 Å². The van der Waals surface area contributed by atoms with Crippen LogP contribution in [0.4, 0.5) is 10.5 Å². The summed E-state index contributed by atoms with van der Waals surface area (Å²) in [6.07, 6.45) is 1.54. The zero-order valence-corrected chi connectivity index (χ0v) is 19.9. The average Bonchev–Trinajstić information content (AvgIpc) is 3.08. The Kier molecular flexibility index (Phi) is 7.17. The lowest BCUT2D eigenvalue weighted by atomic mass is 10.1. The molecular weight excluding hydrogens is 468 g/mol. The van der Waals surface area contributed by atoms with Crippen LogP contribution in [0.3, 0.4) is 0 Å². The summed E-state index contributed by atoms with van der Waals surface area (Å²) in [6.45, 7) is 3.02. The molecule has 4 rings (SSSR count). The zero-order chi connectivity index (χ0) is 24.9. The van der Waals surface area contributed by atoms with Crippen molar-refractivity contribution in [3.05, 3.63) is 71.1 Å². The number of carbonyl (C=O) groups excluding carboxylic acids is 4. The highest BCUT2D eigenvalue weighted by Crippen LogP contribution is 2.35. The molecule has 1 saturated heterocycles. The van der Waals surface area contributed by atoms with Crippen LogP contribution in [0, 0.1) is 0 Å². The van der Waals surface area contributed by atoms with Crippen molar-refractivity contribution in [2.75, 3.05) is 18.5 Å². The number of esters is 1. The number of fused-ring (bicyclic) bond motifs is 1. The van der Waals surface area contributed by atoms with Gasteiger partial charge in [-0.2, -0.15) is 0 Å². The van der Waals surface area contributed by atoms with Gasteiger partial charge in [-0.3, -0.25) is 24.1 Å². The van der Waals surface area contributed by atoms with E-state index >= 15 is 0 Å². The van der Waals surface area contributed by atoms with Crippen LogP contribution in [-0.2, 0) is 14.4 Å². The van der Waals surface area contributed by atoms with Crippen molar-refractivity contribution in [2.45, 2.75) is 13.8 Å². The molecule has 0 saturated carbocycles. The smallest absolute Gasteiger partial charge is 0.308 e. The number of imide groups is 1. The van der Waals surface area contributed by atoms with Crippen molar-refractivity contribution >= 4 is 57.3 Å². The fourth-order valence-corrected chi connectivity index (χ4v) is 4.42. The maximum Gasteiger partial charge on any atom is 0.308 e. The van der Waals surface area contributed by atoms with Crippen molar-refractivity contribution < 1.29 is 28.7 Å². The van der Waals surface area contributed by atoms with Gasteiger partial charge in [-0.05, 0) is 53.9 Å². The first-order valence-electron chi connectivity index (χ1n) is 10.8. The predicted molar refractivity (Wildman–Crippen MR) is 134 cm³/mol. The molecule has 1 aliphatic heterocycles. The number of carbonyl (C=O) groups is 4. The number of hydrogen-bond acceptors (Lipinski definition) is 7. The van der Waals surface area contributed by atoms with E-state index in [1.54, 1.807) is 31.2 Å². The highest BCUT2D eigenvalue weighted by atomic mass is 32.2. The van der Waals surface area contributed by atoms with Gasteiger partial charge in [0.1, 0.15) is 6.54 Å². The van der Waals surface area contributed by atoms with Crippen LogP contribution >= 0.6 is 11.8 Å². The molecule has 0 atom stereocenters. The van der Waals surface area contributed by atoms with E-state index in [0.717, 1.165) is 27.4 Å². The Morgan fingerprint density at radius 3 is 2.57 bits per heavy atom. The second-order valence-electron chi connectivity index (χ2n) is 7.58. The van der Waals surface area contributed by atoms with Crippen LogP contribution in [0.5, 0.6) is 11.5 Å². The number of amides is 3. The Balaban J connectivity index is 1.49. The quantitative estimate of drug-likeness (QED) is 0.287. The van der Waals surface area contributed by atoms with E-state index < -0.39 is 29.6 Å². The third-order valence-electron chi connectivity index (χ3n) is 5.06. The normalized spacial score (nSPS) is 14.5. The van der Waals surface area contributed by atoms with Gasteiger partial charge in [0.2, 0.25) is 5.91 Å². The monoisotopic (exact) mass is 490 g/mol. The predicted octanol–water partition coefficient (Wildman–Crippen LogP) is 4.84. The number of anilines is 1.